The van der Waals surface area contributed by atoms with Gasteiger partial charge >= 0.3 is 12.0 Å². The van der Waals surface area contributed by atoms with Crippen LogP contribution in [0.1, 0.15) is 27.8 Å². The first-order valence-corrected chi connectivity index (χ1v) is 9.60. The van der Waals surface area contributed by atoms with Crippen LogP contribution in [-0.4, -0.2) is 29.5 Å². The third-order valence-corrected chi connectivity index (χ3v) is 4.40. The number of rotatable bonds is 6. The Morgan fingerprint density at radius 1 is 0.931 bits per heavy atom. The number of hydrogen-bond acceptors (Lipinski definition) is 6. The van der Waals surface area contributed by atoms with Crippen LogP contribution in [0.3, 0.4) is 0 Å². The van der Waals surface area contributed by atoms with Crippen molar-refractivity contribution in [2.75, 3.05) is 22.6 Å². The van der Waals surface area contributed by atoms with Gasteiger partial charge in [0.15, 0.2) is 5.13 Å². The van der Waals surface area contributed by atoms with E-state index in [1.54, 1.807) is 60.8 Å². The zero-order chi connectivity index (χ0) is 20.6. The normalized spacial score (nSPS) is 10.1. The van der Waals surface area contributed by atoms with Gasteiger partial charge in [-0.05, 0) is 43.3 Å². The molecule has 0 aliphatic carbocycles. The first-order valence-electron chi connectivity index (χ1n) is 8.72. The number of hydrogen-bond donors (Lipinski definition) is 3. The fraction of sp³-hybridized carbons (Fsp3) is 0.100. The van der Waals surface area contributed by atoms with E-state index in [1.165, 1.54) is 0 Å². The number of urea groups is 1. The Hall–Kier alpha value is -3.72. The Bertz CT molecular complexity index is 1000. The number of para-hydroxylation sites is 1. The summed E-state index contributed by atoms with van der Waals surface area (Å²) in [7, 11) is 0. The van der Waals surface area contributed by atoms with Gasteiger partial charge < -0.3 is 15.4 Å². The standard InChI is InChI=1S/C20H18N4O4S/c1-2-28-18(26)13-8-10-15(11-9-13)21-17(25)16-12-29-20(23-16)24-19(27)22-14-6-4-3-5-7-14/h3-12H,2H2,1H3,(H,21,25)(H2,22,23,24,27). The van der Waals surface area contributed by atoms with Gasteiger partial charge in [0.2, 0.25) is 0 Å². The van der Waals surface area contributed by atoms with Crippen molar-refractivity contribution < 1.29 is 19.1 Å². The maximum absolute atomic E-state index is 12.3. The van der Waals surface area contributed by atoms with Crippen molar-refractivity contribution >= 4 is 45.8 Å². The van der Waals surface area contributed by atoms with Crippen molar-refractivity contribution in [3.8, 4) is 0 Å². The highest BCUT2D eigenvalue weighted by Crippen LogP contribution is 2.18. The molecule has 9 heteroatoms. The highest BCUT2D eigenvalue weighted by atomic mass is 32.1. The average Bonchev–Trinajstić information content (AvgIpc) is 3.18. The highest BCUT2D eigenvalue weighted by molar-refractivity contribution is 7.14. The minimum absolute atomic E-state index is 0.166. The Morgan fingerprint density at radius 3 is 2.31 bits per heavy atom. The molecule has 0 saturated heterocycles. The third-order valence-electron chi connectivity index (χ3n) is 3.64. The second-order valence-corrected chi connectivity index (χ2v) is 6.59. The number of benzene rings is 2. The summed E-state index contributed by atoms with van der Waals surface area (Å²) in [6.45, 7) is 2.02. The molecule has 1 aromatic heterocycles. The van der Waals surface area contributed by atoms with E-state index >= 15 is 0 Å². The van der Waals surface area contributed by atoms with Crippen LogP contribution in [0.15, 0.2) is 60.0 Å². The number of amides is 3. The van der Waals surface area contributed by atoms with E-state index in [0.29, 0.717) is 28.7 Å². The average molecular weight is 410 g/mol. The van der Waals surface area contributed by atoms with E-state index in [-0.39, 0.29) is 5.69 Å². The maximum atomic E-state index is 12.3. The summed E-state index contributed by atoms with van der Waals surface area (Å²) in [5, 5.41) is 9.78. The first kappa shape index (κ1) is 20.0. The molecule has 3 amide bonds. The van der Waals surface area contributed by atoms with Crippen molar-refractivity contribution in [1.82, 2.24) is 4.98 Å². The number of anilines is 3. The lowest BCUT2D eigenvalue weighted by Crippen LogP contribution is -2.19. The van der Waals surface area contributed by atoms with Crippen LogP contribution in [0.4, 0.5) is 21.3 Å². The molecule has 0 aliphatic heterocycles. The molecule has 2 aromatic carbocycles. The lowest BCUT2D eigenvalue weighted by molar-refractivity contribution is 0.0526. The number of carbonyl (C=O) groups excluding carboxylic acids is 3. The Labute approximate surface area is 170 Å². The number of esters is 1. The van der Waals surface area contributed by atoms with Gasteiger partial charge in [0.25, 0.3) is 5.91 Å². The summed E-state index contributed by atoms with van der Waals surface area (Å²) >= 11 is 1.13. The van der Waals surface area contributed by atoms with Crippen LogP contribution in [0.2, 0.25) is 0 Å². The molecule has 3 rings (SSSR count). The maximum Gasteiger partial charge on any atom is 0.338 e. The lowest BCUT2D eigenvalue weighted by Gasteiger charge is -2.05. The molecule has 0 aliphatic rings. The molecule has 8 nitrogen and oxygen atoms in total. The highest BCUT2D eigenvalue weighted by Gasteiger charge is 2.13. The van der Waals surface area contributed by atoms with Crippen LogP contribution in [-0.2, 0) is 4.74 Å². The van der Waals surface area contributed by atoms with Crippen molar-refractivity contribution in [1.29, 1.82) is 0 Å². The number of nitrogens with one attached hydrogen (secondary N) is 3. The van der Waals surface area contributed by atoms with Gasteiger partial charge in [0, 0.05) is 16.8 Å². The van der Waals surface area contributed by atoms with Gasteiger partial charge in [-0.2, -0.15) is 0 Å². The SMILES string of the molecule is CCOC(=O)c1ccc(NC(=O)c2csc(NC(=O)Nc3ccccc3)n2)cc1. The minimum atomic E-state index is -0.452. The van der Waals surface area contributed by atoms with Gasteiger partial charge in [-0.15, -0.1) is 11.3 Å². The number of thiazole rings is 1. The predicted octanol–water partition coefficient (Wildman–Crippen LogP) is 4.22. The second-order valence-electron chi connectivity index (χ2n) is 5.73. The fourth-order valence-corrected chi connectivity index (χ4v) is 3.00. The van der Waals surface area contributed by atoms with Crippen molar-refractivity contribution in [2.45, 2.75) is 6.92 Å². The monoisotopic (exact) mass is 410 g/mol. The second kappa shape index (κ2) is 9.47. The topological polar surface area (TPSA) is 109 Å². The van der Waals surface area contributed by atoms with Gasteiger partial charge in [-0.25, -0.2) is 14.6 Å². The summed E-state index contributed by atoms with van der Waals surface area (Å²) in [6.07, 6.45) is 0. The molecule has 0 radical (unpaired) electrons. The molecule has 0 unspecified atom stereocenters. The van der Waals surface area contributed by atoms with E-state index in [4.69, 9.17) is 4.74 Å². The van der Waals surface area contributed by atoms with Crippen LogP contribution in [0.25, 0.3) is 0 Å². The molecule has 29 heavy (non-hydrogen) atoms. The van der Waals surface area contributed by atoms with E-state index < -0.39 is 17.9 Å². The lowest BCUT2D eigenvalue weighted by atomic mass is 10.2. The molecule has 0 fully saturated rings. The van der Waals surface area contributed by atoms with Crippen molar-refractivity contribution in [3.63, 3.8) is 0 Å². The zero-order valence-corrected chi connectivity index (χ0v) is 16.3. The molecular formula is C20H18N4O4S. The summed E-state index contributed by atoms with van der Waals surface area (Å²) in [5.41, 5.74) is 1.71. The van der Waals surface area contributed by atoms with Gasteiger partial charge in [-0.3, -0.25) is 10.1 Å². The molecule has 3 N–H and O–H groups in total. The number of nitrogens with zero attached hydrogens (tertiary/aromatic N) is 1. The molecule has 0 bridgehead atoms. The van der Waals surface area contributed by atoms with E-state index in [0.717, 1.165) is 11.3 Å². The summed E-state index contributed by atoms with van der Waals surface area (Å²) < 4.78 is 4.92. The molecule has 0 atom stereocenters. The van der Waals surface area contributed by atoms with Gasteiger partial charge in [0.05, 0.1) is 12.2 Å². The third kappa shape index (κ3) is 5.63. The van der Waals surface area contributed by atoms with Crippen LogP contribution in [0.5, 0.6) is 0 Å². The molecule has 1 heterocycles. The number of carbonyl (C=O) groups is 3. The van der Waals surface area contributed by atoms with E-state index in [2.05, 4.69) is 20.9 Å². The molecule has 0 saturated carbocycles. The van der Waals surface area contributed by atoms with Crippen molar-refractivity contribution in [3.05, 3.63) is 71.2 Å². The summed E-state index contributed by atoms with van der Waals surface area (Å²) in [6, 6.07) is 14.9. The summed E-state index contributed by atoms with van der Waals surface area (Å²) in [4.78, 5) is 40.1. The predicted molar refractivity (Wildman–Crippen MR) is 112 cm³/mol. The fourth-order valence-electron chi connectivity index (χ4n) is 2.32. The van der Waals surface area contributed by atoms with E-state index in [9.17, 15) is 14.4 Å². The van der Waals surface area contributed by atoms with Gasteiger partial charge in [-0.1, -0.05) is 18.2 Å². The summed E-state index contributed by atoms with van der Waals surface area (Å²) in [5.74, 6) is -0.851. The van der Waals surface area contributed by atoms with E-state index in [1.807, 2.05) is 6.07 Å². The Kier molecular flexibility index (Phi) is 6.54. The molecular weight excluding hydrogens is 392 g/mol. The molecule has 0 spiro atoms. The quantitative estimate of drug-likeness (QED) is 0.527. The van der Waals surface area contributed by atoms with Crippen LogP contribution < -0.4 is 16.0 Å². The Morgan fingerprint density at radius 2 is 1.62 bits per heavy atom. The van der Waals surface area contributed by atoms with Crippen LogP contribution in [0, 0.1) is 0 Å². The zero-order valence-electron chi connectivity index (χ0n) is 15.5. The number of ether oxygens (including phenoxy) is 1. The Balaban J connectivity index is 1.56. The number of aromatic nitrogens is 1. The van der Waals surface area contributed by atoms with Crippen LogP contribution >= 0.6 is 11.3 Å². The smallest absolute Gasteiger partial charge is 0.338 e. The largest absolute Gasteiger partial charge is 0.462 e. The molecule has 148 valence electrons. The van der Waals surface area contributed by atoms with Crippen molar-refractivity contribution in [2.24, 2.45) is 0 Å². The molecule has 3 aromatic rings. The van der Waals surface area contributed by atoms with Gasteiger partial charge in [0.1, 0.15) is 5.69 Å². The first-order chi connectivity index (χ1) is 14.0. The minimum Gasteiger partial charge on any atom is -0.462 e.